The number of ether oxygens (including phenoxy) is 1. The molecule has 0 saturated heterocycles. The van der Waals surface area contributed by atoms with Gasteiger partial charge in [0.15, 0.2) is 0 Å². The molecule has 3 heteroatoms. The van der Waals surface area contributed by atoms with Gasteiger partial charge in [0, 0.05) is 0 Å². The van der Waals surface area contributed by atoms with Gasteiger partial charge in [0.05, 0.1) is 13.2 Å². The van der Waals surface area contributed by atoms with E-state index in [1.165, 1.54) is 11.1 Å². The molecule has 0 heterocycles. The molecule has 2 aromatic rings. The number of hydrogen-bond acceptors (Lipinski definition) is 3. The normalized spacial score (nSPS) is 12.1. The maximum Gasteiger partial charge on any atom is 0.118 e. The fraction of sp³-hybridized carbons (Fsp3) is 0.294. The molecule has 0 radical (unpaired) electrons. The van der Waals surface area contributed by atoms with Crippen LogP contribution in [0.4, 0.5) is 0 Å². The van der Waals surface area contributed by atoms with Crippen LogP contribution in [0.5, 0.6) is 5.75 Å². The average Bonchev–Trinajstić information content (AvgIpc) is 2.53. The molecule has 2 rings (SSSR count). The zero-order valence-electron chi connectivity index (χ0n) is 11.9. The second-order valence-corrected chi connectivity index (χ2v) is 4.71. The molecule has 0 aliphatic carbocycles. The quantitative estimate of drug-likeness (QED) is 0.761. The van der Waals surface area contributed by atoms with E-state index in [0.29, 0.717) is 6.54 Å². The van der Waals surface area contributed by atoms with Crippen LogP contribution in [-0.4, -0.2) is 20.2 Å². The molecule has 2 aromatic carbocycles. The number of nitrogens with two attached hydrogens (primary N) is 1. The van der Waals surface area contributed by atoms with Crippen LogP contribution in [0.3, 0.4) is 0 Å². The van der Waals surface area contributed by atoms with Crippen LogP contribution in [-0.2, 0) is 0 Å². The second-order valence-electron chi connectivity index (χ2n) is 4.71. The second kappa shape index (κ2) is 7.68. The molecule has 3 nitrogen and oxygen atoms in total. The molecule has 1 unspecified atom stereocenters. The monoisotopic (exact) mass is 270 g/mol. The SMILES string of the molecule is COc1ccc(C(NCCCN)c2ccccc2)cc1. The van der Waals surface area contributed by atoms with E-state index in [2.05, 4.69) is 41.7 Å². The van der Waals surface area contributed by atoms with Crippen LogP contribution >= 0.6 is 0 Å². The summed E-state index contributed by atoms with van der Waals surface area (Å²) in [5.41, 5.74) is 8.06. The van der Waals surface area contributed by atoms with Crippen molar-refractivity contribution in [2.75, 3.05) is 20.2 Å². The van der Waals surface area contributed by atoms with Crippen molar-refractivity contribution in [3.8, 4) is 5.75 Å². The van der Waals surface area contributed by atoms with E-state index in [0.717, 1.165) is 18.7 Å². The Morgan fingerprint density at radius 2 is 1.65 bits per heavy atom. The van der Waals surface area contributed by atoms with E-state index in [4.69, 9.17) is 10.5 Å². The van der Waals surface area contributed by atoms with Gasteiger partial charge < -0.3 is 15.8 Å². The van der Waals surface area contributed by atoms with Gasteiger partial charge in [-0.3, -0.25) is 0 Å². The molecule has 106 valence electrons. The van der Waals surface area contributed by atoms with Crippen molar-refractivity contribution in [1.82, 2.24) is 5.32 Å². The van der Waals surface area contributed by atoms with Crippen molar-refractivity contribution in [3.63, 3.8) is 0 Å². The van der Waals surface area contributed by atoms with Crippen molar-refractivity contribution in [2.45, 2.75) is 12.5 Å². The van der Waals surface area contributed by atoms with Crippen LogP contribution in [0.15, 0.2) is 54.6 Å². The van der Waals surface area contributed by atoms with Crippen molar-refractivity contribution < 1.29 is 4.74 Å². The van der Waals surface area contributed by atoms with Crippen molar-refractivity contribution >= 4 is 0 Å². The molecule has 3 N–H and O–H groups in total. The first kappa shape index (κ1) is 14.6. The molecule has 0 aliphatic rings. The summed E-state index contributed by atoms with van der Waals surface area (Å²) in [4.78, 5) is 0. The van der Waals surface area contributed by atoms with Gasteiger partial charge in [-0.25, -0.2) is 0 Å². The van der Waals surface area contributed by atoms with Gasteiger partial charge in [-0.1, -0.05) is 42.5 Å². The Morgan fingerprint density at radius 3 is 2.25 bits per heavy atom. The van der Waals surface area contributed by atoms with Gasteiger partial charge in [-0.2, -0.15) is 0 Å². The van der Waals surface area contributed by atoms with Crippen LogP contribution < -0.4 is 15.8 Å². The zero-order chi connectivity index (χ0) is 14.2. The van der Waals surface area contributed by atoms with E-state index in [1.54, 1.807) is 7.11 Å². The van der Waals surface area contributed by atoms with E-state index >= 15 is 0 Å². The van der Waals surface area contributed by atoms with E-state index in [9.17, 15) is 0 Å². The van der Waals surface area contributed by atoms with Gasteiger partial charge >= 0.3 is 0 Å². The summed E-state index contributed by atoms with van der Waals surface area (Å²) >= 11 is 0. The Hall–Kier alpha value is -1.84. The summed E-state index contributed by atoms with van der Waals surface area (Å²) in [5.74, 6) is 0.877. The van der Waals surface area contributed by atoms with Gasteiger partial charge in [0.1, 0.15) is 5.75 Å². The molecule has 0 amide bonds. The molecule has 20 heavy (non-hydrogen) atoms. The lowest BCUT2D eigenvalue weighted by atomic mass is 9.98. The lowest BCUT2D eigenvalue weighted by Gasteiger charge is -2.20. The lowest BCUT2D eigenvalue weighted by Crippen LogP contribution is -2.25. The third-order valence-corrected chi connectivity index (χ3v) is 3.31. The fourth-order valence-electron chi connectivity index (χ4n) is 2.22. The molecule has 1 atom stereocenters. The Kier molecular flexibility index (Phi) is 5.59. The number of methoxy groups -OCH3 is 1. The van der Waals surface area contributed by atoms with E-state index in [1.807, 2.05) is 18.2 Å². The number of nitrogens with one attached hydrogen (secondary N) is 1. The van der Waals surface area contributed by atoms with E-state index in [-0.39, 0.29) is 6.04 Å². The topological polar surface area (TPSA) is 47.3 Å². The molecule has 0 fully saturated rings. The smallest absolute Gasteiger partial charge is 0.118 e. The van der Waals surface area contributed by atoms with Crippen molar-refractivity contribution in [3.05, 3.63) is 65.7 Å². The first-order valence-corrected chi connectivity index (χ1v) is 6.97. The molecular formula is C17H22N2O. The summed E-state index contributed by atoms with van der Waals surface area (Å²) in [5, 5.41) is 3.57. The Balaban J connectivity index is 2.20. The Morgan fingerprint density at radius 1 is 1.00 bits per heavy atom. The van der Waals surface area contributed by atoms with Crippen LogP contribution in [0, 0.1) is 0 Å². The third-order valence-electron chi connectivity index (χ3n) is 3.31. The predicted octanol–water partition coefficient (Wildman–Crippen LogP) is 2.72. The minimum absolute atomic E-state index is 0.189. The van der Waals surface area contributed by atoms with Gasteiger partial charge in [-0.15, -0.1) is 0 Å². The van der Waals surface area contributed by atoms with Crippen molar-refractivity contribution in [2.24, 2.45) is 5.73 Å². The summed E-state index contributed by atoms with van der Waals surface area (Å²) in [6, 6.07) is 18.8. The summed E-state index contributed by atoms with van der Waals surface area (Å²) in [7, 11) is 1.68. The maximum atomic E-state index is 5.57. The van der Waals surface area contributed by atoms with Gasteiger partial charge in [0.25, 0.3) is 0 Å². The number of rotatable bonds is 7. The highest BCUT2D eigenvalue weighted by molar-refractivity contribution is 5.35. The minimum Gasteiger partial charge on any atom is -0.497 e. The molecular weight excluding hydrogens is 248 g/mol. The molecule has 0 spiro atoms. The third kappa shape index (κ3) is 3.83. The zero-order valence-corrected chi connectivity index (χ0v) is 11.9. The lowest BCUT2D eigenvalue weighted by molar-refractivity contribution is 0.414. The highest BCUT2D eigenvalue weighted by atomic mass is 16.5. The predicted molar refractivity (Wildman–Crippen MR) is 83.0 cm³/mol. The molecule has 0 bridgehead atoms. The molecule has 0 aliphatic heterocycles. The average molecular weight is 270 g/mol. The van der Waals surface area contributed by atoms with Crippen LogP contribution in [0.1, 0.15) is 23.6 Å². The maximum absolute atomic E-state index is 5.57. The van der Waals surface area contributed by atoms with Gasteiger partial charge in [-0.05, 0) is 42.8 Å². The Labute approximate surface area is 120 Å². The number of hydrogen-bond donors (Lipinski definition) is 2. The van der Waals surface area contributed by atoms with Crippen LogP contribution in [0.25, 0.3) is 0 Å². The first-order chi connectivity index (χ1) is 9.85. The van der Waals surface area contributed by atoms with Gasteiger partial charge in [0.2, 0.25) is 0 Å². The standard InChI is InChI=1S/C17H22N2O/c1-20-16-10-8-15(9-11-16)17(19-13-5-12-18)14-6-3-2-4-7-14/h2-4,6-11,17,19H,5,12-13,18H2,1H3. The summed E-state index contributed by atoms with van der Waals surface area (Å²) in [6.07, 6.45) is 0.972. The number of benzene rings is 2. The van der Waals surface area contributed by atoms with Crippen LogP contribution in [0.2, 0.25) is 0 Å². The Bertz CT molecular complexity index is 496. The van der Waals surface area contributed by atoms with Crippen molar-refractivity contribution in [1.29, 1.82) is 0 Å². The fourth-order valence-corrected chi connectivity index (χ4v) is 2.22. The first-order valence-electron chi connectivity index (χ1n) is 6.97. The summed E-state index contributed by atoms with van der Waals surface area (Å²) in [6.45, 7) is 1.61. The molecule has 0 saturated carbocycles. The largest absolute Gasteiger partial charge is 0.497 e. The highest BCUT2D eigenvalue weighted by Gasteiger charge is 2.12. The molecule has 0 aromatic heterocycles. The highest BCUT2D eigenvalue weighted by Crippen LogP contribution is 2.23. The minimum atomic E-state index is 0.189. The van der Waals surface area contributed by atoms with E-state index < -0.39 is 0 Å². The summed E-state index contributed by atoms with van der Waals surface area (Å²) < 4.78 is 5.22.